The molecule has 0 bridgehead atoms. The molecule has 1 N–H and O–H groups in total. The first-order chi connectivity index (χ1) is 9.79. The van der Waals surface area contributed by atoms with Gasteiger partial charge in [-0.3, -0.25) is 4.79 Å². The van der Waals surface area contributed by atoms with Gasteiger partial charge in [0.1, 0.15) is 12.4 Å². The molecule has 3 rings (SSSR count). The van der Waals surface area contributed by atoms with Gasteiger partial charge in [-0.2, -0.15) is 5.26 Å². The molecule has 1 aromatic heterocycles. The fraction of sp³-hybridized carbons (Fsp3) is 0.200. The Bertz CT molecular complexity index is 700. The zero-order valence-electron chi connectivity index (χ0n) is 10.7. The number of fused-ring (bicyclic) bond motifs is 3. The largest absolute Gasteiger partial charge is 0.488 e. The van der Waals surface area contributed by atoms with Gasteiger partial charge < -0.3 is 10.1 Å². The molecule has 4 nitrogen and oxygen atoms in total. The predicted molar refractivity (Wildman–Crippen MR) is 76.7 cm³/mol. The summed E-state index contributed by atoms with van der Waals surface area (Å²) in [6.07, 6.45) is 0.322. The number of amides is 1. The second-order valence-corrected chi connectivity index (χ2v) is 5.47. The maximum Gasteiger partial charge on any atom is 0.261 e. The number of nitrogens with zero attached hydrogens (tertiary/aromatic N) is 1. The monoisotopic (exact) mass is 284 g/mol. The van der Waals surface area contributed by atoms with Crippen LogP contribution in [0.5, 0.6) is 5.75 Å². The second kappa shape index (κ2) is 5.35. The van der Waals surface area contributed by atoms with Crippen LogP contribution in [0.4, 0.5) is 0 Å². The minimum Gasteiger partial charge on any atom is -0.488 e. The molecule has 0 saturated carbocycles. The van der Waals surface area contributed by atoms with Crippen molar-refractivity contribution in [2.75, 3.05) is 6.54 Å². The van der Waals surface area contributed by atoms with E-state index in [-0.39, 0.29) is 5.91 Å². The Morgan fingerprint density at radius 1 is 1.45 bits per heavy atom. The summed E-state index contributed by atoms with van der Waals surface area (Å²) >= 11 is 1.47. The minimum atomic E-state index is -0.128. The fourth-order valence-electron chi connectivity index (χ4n) is 2.13. The third-order valence-electron chi connectivity index (χ3n) is 3.07. The van der Waals surface area contributed by atoms with E-state index in [1.165, 1.54) is 11.3 Å². The number of hydrogen-bond donors (Lipinski definition) is 1. The Kier molecular flexibility index (Phi) is 3.40. The number of para-hydroxylation sites is 1. The highest BCUT2D eigenvalue weighted by Crippen LogP contribution is 2.42. The average Bonchev–Trinajstić information content (AvgIpc) is 2.92. The van der Waals surface area contributed by atoms with E-state index in [1.807, 2.05) is 36.4 Å². The molecule has 0 spiro atoms. The zero-order chi connectivity index (χ0) is 13.9. The smallest absolute Gasteiger partial charge is 0.261 e. The predicted octanol–water partition coefficient (Wildman–Crippen LogP) is 2.95. The molecule has 0 radical (unpaired) electrons. The van der Waals surface area contributed by atoms with Crippen LogP contribution >= 0.6 is 11.3 Å². The van der Waals surface area contributed by atoms with Crippen LogP contribution in [0.1, 0.15) is 21.7 Å². The molecular formula is C15H12N2O2S. The topological polar surface area (TPSA) is 62.1 Å². The molecule has 0 unspecified atom stereocenters. The lowest BCUT2D eigenvalue weighted by molar-refractivity contribution is 0.0958. The summed E-state index contributed by atoms with van der Waals surface area (Å²) in [6, 6.07) is 11.7. The van der Waals surface area contributed by atoms with Crippen molar-refractivity contribution >= 4 is 17.2 Å². The number of ether oxygens (including phenoxy) is 1. The van der Waals surface area contributed by atoms with E-state index in [4.69, 9.17) is 10.00 Å². The Hall–Kier alpha value is -2.32. The summed E-state index contributed by atoms with van der Waals surface area (Å²) in [5.41, 5.74) is 2.08. The number of hydrogen-bond acceptors (Lipinski definition) is 4. The quantitative estimate of drug-likeness (QED) is 0.881. The van der Waals surface area contributed by atoms with Crippen LogP contribution in [-0.4, -0.2) is 12.5 Å². The van der Waals surface area contributed by atoms with Gasteiger partial charge in [0.25, 0.3) is 5.91 Å². The Balaban J connectivity index is 1.87. The van der Waals surface area contributed by atoms with E-state index in [9.17, 15) is 4.79 Å². The summed E-state index contributed by atoms with van der Waals surface area (Å²) in [5, 5.41) is 11.2. The molecule has 1 amide bonds. The van der Waals surface area contributed by atoms with E-state index >= 15 is 0 Å². The standard InChI is InChI=1S/C15H12N2O2S/c16-6-3-7-17-15(18)13-8-10-9-19-12-5-2-1-4-11(12)14(10)20-13/h1-2,4-5,8H,3,7,9H2,(H,17,18). The van der Waals surface area contributed by atoms with Crippen LogP contribution in [-0.2, 0) is 6.61 Å². The first kappa shape index (κ1) is 12.7. The van der Waals surface area contributed by atoms with E-state index < -0.39 is 0 Å². The molecule has 0 atom stereocenters. The lowest BCUT2D eigenvalue weighted by atomic mass is 10.1. The van der Waals surface area contributed by atoms with Crippen molar-refractivity contribution in [1.29, 1.82) is 5.26 Å². The summed E-state index contributed by atoms with van der Waals surface area (Å²) in [4.78, 5) is 13.8. The highest BCUT2D eigenvalue weighted by Gasteiger charge is 2.22. The van der Waals surface area contributed by atoms with Gasteiger partial charge in [0.15, 0.2) is 0 Å². The molecule has 100 valence electrons. The van der Waals surface area contributed by atoms with Crippen LogP contribution < -0.4 is 10.1 Å². The molecule has 0 aliphatic carbocycles. The van der Waals surface area contributed by atoms with Crippen molar-refractivity contribution < 1.29 is 9.53 Å². The van der Waals surface area contributed by atoms with Crippen LogP contribution in [0.2, 0.25) is 0 Å². The van der Waals surface area contributed by atoms with Crippen molar-refractivity contribution in [3.63, 3.8) is 0 Å². The second-order valence-electron chi connectivity index (χ2n) is 4.41. The highest BCUT2D eigenvalue weighted by atomic mass is 32.1. The molecule has 2 aromatic rings. The van der Waals surface area contributed by atoms with Crippen LogP contribution in [0, 0.1) is 11.3 Å². The van der Waals surface area contributed by atoms with Gasteiger partial charge in [-0.05, 0) is 18.2 Å². The number of nitriles is 1. The molecule has 5 heteroatoms. The molecule has 20 heavy (non-hydrogen) atoms. The van der Waals surface area contributed by atoms with Gasteiger partial charge >= 0.3 is 0 Å². The fourth-order valence-corrected chi connectivity index (χ4v) is 3.24. The van der Waals surface area contributed by atoms with Gasteiger partial charge in [-0.15, -0.1) is 11.3 Å². The molecule has 0 fully saturated rings. The molecular weight excluding hydrogens is 272 g/mol. The van der Waals surface area contributed by atoms with Crippen molar-refractivity contribution in [1.82, 2.24) is 5.32 Å². The first-order valence-corrected chi connectivity index (χ1v) is 7.11. The number of carbonyl (C=O) groups is 1. The first-order valence-electron chi connectivity index (χ1n) is 6.29. The van der Waals surface area contributed by atoms with Gasteiger partial charge in [0.2, 0.25) is 0 Å². The van der Waals surface area contributed by atoms with Crippen molar-refractivity contribution in [3.05, 3.63) is 40.8 Å². The third kappa shape index (κ3) is 2.26. The van der Waals surface area contributed by atoms with Crippen LogP contribution in [0.25, 0.3) is 10.4 Å². The van der Waals surface area contributed by atoms with E-state index in [2.05, 4.69) is 5.32 Å². The molecule has 1 aromatic carbocycles. The Morgan fingerprint density at radius 3 is 3.15 bits per heavy atom. The lowest BCUT2D eigenvalue weighted by Crippen LogP contribution is -2.23. The van der Waals surface area contributed by atoms with Gasteiger partial charge in [0, 0.05) is 22.5 Å². The van der Waals surface area contributed by atoms with Gasteiger partial charge in [-0.1, -0.05) is 12.1 Å². The summed E-state index contributed by atoms with van der Waals surface area (Å²) in [6.45, 7) is 0.874. The third-order valence-corrected chi connectivity index (χ3v) is 4.28. The van der Waals surface area contributed by atoms with Crippen molar-refractivity contribution in [2.24, 2.45) is 0 Å². The van der Waals surface area contributed by atoms with E-state index in [0.717, 1.165) is 21.8 Å². The minimum absolute atomic E-state index is 0.128. The number of thiophene rings is 1. The summed E-state index contributed by atoms with van der Waals surface area (Å²) in [5.74, 6) is 0.732. The number of rotatable bonds is 3. The van der Waals surface area contributed by atoms with Crippen LogP contribution in [0.3, 0.4) is 0 Å². The maximum atomic E-state index is 12.0. The Labute approximate surface area is 120 Å². The molecule has 1 aliphatic heterocycles. The average molecular weight is 284 g/mol. The summed E-state index contributed by atoms with van der Waals surface area (Å²) < 4.78 is 5.67. The number of benzene rings is 1. The molecule has 1 aliphatic rings. The molecule has 2 heterocycles. The SMILES string of the molecule is N#CCCNC(=O)c1cc2c(s1)-c1ccccc1OC2. The van der Waals surface area contributed by atoms with Crippen molar-refractivity contribution in [2.45, 2.75) is 13.0 Å². The van der Waals surface area contributed by atoms with Crippen LogP contribution in [0.15, 0.2) is 30.3 Å². The van der Waals surface area contributed by atoms with Gasteiger partial charge in [0.05, 0.1) is 17.4 Å². The maximum absolute atomic E-state index is 12.0. The number of nitrogens with one attached hydrogen (secondary N) is 1. The number of carbonyl (C=O) groups excluding carboxylic acids is 1. The summed E-state index contributed by atoms with van der Waals surface area (Å²) in [7, 11) is 0. The lowest BCUT2D eigenvalue weighted by Gasteiger charge is -2.16. The Morgan fingerprint density at radius 2 is 2.30 bits per heavy atom. The van der Waals surface area contributed by atoms with E-state index in [1.54, 1.807) is 0 Å². The van der Waals surface area contributed by atoms with Crippen molar-refractivity contribution in [3.8, 4) is 22.3 Å². The zero-order valence-corrected chi connectivity index (χ0v) is 11.5. The molecule has 0 saturated heterocycles. The van der Waals surface area contributed by atoms with Gasteiger partial charge in [-0.25, -0.2) is 0 Å². The normalized spacial score (nSPS) is 11.8. The highest BCUT2D eigenvalue weighted by molar-refractivity contribution is 7.17. The van der Waals surface area contributed by atoms with E-state index in [0.29, 0.717) is 24.4 Å².